The van der Waals surface area contributed by atoms with E-state index in [-0.39, 0.29) is 0 Å². The zero-order valence-corrected chi connectivity index (χ0v) is 11.4. The van der Waals surface area contributed by atoms with Gasteiger partial charge in [-0.15, -0.1) is 0 Å². The van der Waals surface area contributed by atoms with Crippen molar-refractivity contribution < 1.29 is 4.79 Å². The van der Waals surface area contributed by atoms with Gasteiger partial charge >= 0.3 is 0 Å². The lowest BCUT2D eigenvalue weighted by atomic mass is 10.0. The summed E-state index contributed by atoms with van der Waals surface area (Å²) in [4.78, 5) is 18.0. The molecule has 1 aliphatic heterocycles. The fraction of sp³-hybridized carbons (Fsp3) is 0.571. The molecule has 5 heteroatoms. The number of aromatic nitrogens is 1. The van der Waals surface area contributed by atoms with Crippen LogP contribution in [-0.4, -0.2) is 41.5 Å². The number of nitrogens with two attached hydrogens (primary N) is 1. The summed E-state index contributed by atoms with van der Waals surface area (Å²) in [7, 11) is 0. The molecule has 0 aliphatic carbocycles. The SMILES string of the molecule is CCN1CCCC[C@@H]1CNc1ncccc1C(N)=O. The lowest BCUT2D eigenvalue weighted by Gasteiger charge is -2.35. The van der Waals surface area contributed by atoms with E-state index in [0.717, 1.165) is 19.6 Å². The lowest BCUT2D eigenvalue weighted by Crippen LogP contribution is -2.43. The van der Waals surface area contributed by atoms with Crippen molar-refractivity contribution in [3.05, 3.63) is 23.9 Å². The minimum atomic E-state index is -0.438. The van der Waals surface area contributed by atoms with E-state index >= 15 is 0 Å². The van der Waals surface area contributed by atoms with Gasteiger partial charge in [-0.3, -0.25) is 9.69 Å². The summed E-state index contributed by atoms with van der Waals surface area (Å²) in [6.45, 7) is 5.23. The molecule has 5 nitrogen and oxygen atoms in total. The molecule has 3 N–H and O–H groups in total. The fourth-order valence-electron chi connectivity index (χ4n) is 2.67. The van der Waals surface area contributed by atoms with E-state index in [1.165, 1.54) is 19.3 Å². The van der Waals surface area contributed by atoms with Crippen LogP contribution >= 0.6 is 0 Å². The van der Waals surface area contributed by atoms with Crippen LogP contribution in [0.5, 0.6) is 0 Å². The zero-order valence-electron chi connectivity index (χ0n) is 11.4. The van der Waals surface area contributed by atoms with Crippen molar-refractivity contribution >= 4 is 11.7 Å². The van der Waals surface area contributed by atoms with Crippen molar-refractivity contribution in [2.24, 2.45) is 5.73 Å². The molecule has 0 radical (unpaired) electrons. The minimum Gasteiger partial charge on any atom is -0.368 e. The topological polar surface area (TPSA) is 71.2 Å². The maximum absolute atomic E-state index is 11.3. The Kier molecular flexibility index (Phi) is 4.74. The van der Waals surface area contributed by atoms with Crippen molar-refractivity contribution in [1.82, 2.24) is 9.88 Å². The number of pyridine rings is 1. The van der Waals surface area contributed by atoms with Crippen molar-refractivity contribution in [2.75, 3.05) is 25.0 Å². The molecule has 1 saturated heterocycles. The van der Waals surface area contributed by atoms with Crippen LogP contribution < -0.4 is 11.1 Å². The molecule has 0 unspecified atom stereocenters. The fourth-order valence-corrected chi connectivity index (χ4v) is 2.67. The maximum Gasteiger partial charge on any atom is 0.252 e. The molecule has 0 aromatic carbocycles. The molecule has 1 aromatic heterocycles. The van der Waals surface area contributed by atoms with E-state index in [4.69, 9.17) is 5.73 Å². The highest BCUT2D eigenvalue weighted by Gasteiger charge is 2.21. The Morgan fingerprint density at radius 3 is 3.16 bits per heavy atom. The number of piperidine rings is 1. The highest BCUT2D eigenvalue weighted by Crippen LogP contribution is 2.18. The number of nitrogens with zero attached hydrogens (tertiary/aromatic N) is 2. The van der Waals surface area contributed by atoms with E-state index in [9.17, 15) is 4.79 Å². The van der Waals surface area contributed by atoms with Gasteiger partial charge in [0.15, 0.2) is 0 Å². The van der Waals surface area contributed by atoms with Gasteiger partial charge in [0.1, 0.15) is 5.82 Å². The first-order valence-electron chi connectivity index (χ1n) is 6.95. The summed E-state index contributed by atoms with van der Waals surface area (Å²) in [6, 6.07) is 3.95. The van der Waals surface area contributed by atoms with E-state index in [1.54, 1.807) is 18.3 Å². The van der Waals surface area contributed by atoms with Crippen molar-refractivity contribution in [2.45, 2.75) is 32.2 Å². The summed E-state index contributed by atoms with van der Waals surface area (Å²) < 4.78 is 0. The Balaban J connectivity index is 2.00. The largest absolute Gasteiger partial charge is 0.368 e. The Morgan fingerprint density at radius 2 is 2.42 bits per heavy atom. The predicted octanol–water partition coefficient (Wildman–Crippen LogP) is 1.47. The first-order chi connectivity index (χ1) is 9.22. The molecule has 0 saturated carbocycles. The van der Waals surface area contributed by atoms with Gasteiger partial charge in [0, 0.05) is 18.8 Å². The van der Waals surface area contributed by atoms with Crippen LogP contribution in [0.15, 0.2) is 18.3 Å². The highest BCUT2D eigenvalue weighted by atomic mass is 16.1. The third-order valence-electron chi connectivity index (χ3n) is 3.73. The molecule has 1 fully saturated rings. The molecule has 2 heterocycles. The highest BCUT2D eigenvalue weighted by molar-refractivity contribution is 5.97. The molecule has 2 rings (SSSR count). The van der Waals surface area contributed by atoms with Gasteiger partial charge < -0.3 is 11.1 Å². The monoisotopic (exact) mass is 262 g/mol. The molecule has 1 atom stereocenters. The van der Waals surface area contributed by atoms with Gasteiger partial charge in [0.05, 0.1) is 5.56 Å². The summed E-state index contributed by atoms with van der Waals surface area (Å²) in [5.74, 6) is 0.156. The maximum atomic E-state index is 11.3. The van der Waals surface area contributed by atoms with Crippen LogP contribution in [-0.2, 0) is 0 Å². The smallest absolute Gasteiger partial charge is 0.252 e. The van der Waals surface area contributed by atoms with Crippen LogP contribution in [0.2, 0.25) is 0 Å². The first-order valence-corrected chi connectivity index (χ1v) is 6.95. The van der Waals surface area contributed by atoms with Crippen LogP contribution in [0.3, 0.4) is 0 Å². The number of rotatable bonds is 5. The molecule has 0 spiro atoms. The Labute approximate surface area is 114 Å². The number of carbonyl (C=O) groups is 1. The van der Waals surface area contributed by atoms with Crippen molar-refractivity contribution in [3.8, 4) is 0 Å². The van der Waals surface area contributed by atoms with E-state index < -0.39 is 5.91 Å². The number of likely N-dealkylation sites (N-methyl/N-ethyl adjacent to an activating group) is 1. The van der Waals surface area contributed by atoms with E-state index in [1.807, 2.05) is 0 Å². The first kappa shape index (κ1) is 13.8. The minimum absolute atomic E-state index is 0.438. The summed E-state index contributed by atoms with van der Waals surface area (Å²) in [6.07, 6.45) is 5.42. The second-order valence-corrected chi connectivity index (χ2v) is 4.92. The molecule has 104 valence electrons. The van der Waals surface area contributed by atoms with Crippen molar-refractivity contribution in [3.63, 3.8) is 0 Å². The Bertz CT molecular complexity index is 435. The van der Waals surface area contributed by atoms with Crippen molar-refractivity contribution in [1.29, 1.82) is 0 Å². The van der Waals surface area contributed by atoms with Gasteiger partial charge in [-0.1, -0.05) is 13.3 Å². The normalized spacial score (nSPS) is 20.2. The summed E-state index contributed by atoms with van der Waals surface area (Å²) in [5.41, 5.74) is 5.81. The zero-order chi connectivity index (χ0) is 13.7. The molecule has 1 amide bonds. The summed E-state index contributed by atoms with van der Waals surface area (Å²) >= 11 is 0. The number of amides is 1. The van der Waals surface area contributed by atoms with Gasteiger partial charge in [-0.2, -0.15) is 0 Å². The van der Waals surface area contributed by atoms with Crippen LogP contribution in [0.25, 0.3) is 0 Å². The number of likely N-dealkylation sites (tertiary alicyclic amines) is 1. The number of carbonyl (C=O) groups excluding carboxylic acids is 1. The third-order valence-corrected chi connectivity index (χ3v) is 3.73. The standard InChI is InChI=1S/C14H22N4O/c1-2-18-9-4-3-6-11(18)10-17-14-12(13(15)19)7-5-8-16-14/h5,7-8,11H,2-4,6,9-10H2,1H3,(H2,15,19)(H,16,17)/t11-/m1/s1. The number of hydrogen-bond acceptors (Lipinski definition) is 4. The van der Waals surface area contributed by atoms with Crippen LogP contribution in [0.1, 0.15) is 36.5 Å². The number of anilines is 1. The van der Waals surface area contributed by atoms with Gasteiger partial charge in [-0.25, -0.2) is 4.98 Å². The van der Waals surface area contributed by atoms with E-state index in [0.29, 0.717) is 17.4 Å². The molecule has 1 aliphatic rings. The lowest BCUT2D eigenvalue weighted by molar-refractivity contribution is 0.100. The Hall–Kier alpha value is -1.62. The molecule has 1 aromatic rings. The third kappa shape index (κ3) is 3.44. The predicted molar refractivity (Wildman–Crippen MR) is 76.1 cm³/mol. The Morgan fingerprint density at radius 1 is 1.58 bits per heavy atom. The number of hydrogen-bond donors (Lipinski definition) is 2. The summed E-state index contributed by atoms with van der Waals surface area (Å²) in [5, 5.41) is 3.28. The molecule has 0 bridgehead atoms. The van der Waals surface area contributed by atoms with Gasteiger partial charge in [0.25, 0.3) is 5.91 Å². The average Bonchev–Trinajstić information content (AvgIpc) is 2.45. The number of nitrogens with one attached hydrogen (secondary N) is 1. The molecule has 19 heavy (non-hydrogen) atoms. The second-order valence-electron chi connectivity index (χ2n) is 4.92. The quantitative estimate of drug-likeness (QED) is 0.843. The van der Waals surface area contributed by atoms with Gasteiger partial charge in [0.2, 0.25) is 0 Å². The van der Waals surface area contributed by atoms with Gasteiger partial charge in [-0.05, 0) is 38.1 Å². The second kappa shape index (κ2) is 6.52. The average molecular weight is 262 g/mol. The molecular weight excluding hydrogens is 240 g/mol. The van der Waals surface area contributed by atoms with Crippen LogP contribution in [0, 0.1) is 0 Å². The molecular formula is C14H22N4O. The van der Waals surface area contributed by atoms with Crippen LogP contribution in [0.4, 0.5) is 5.82 Å². The van der Waals surface area contributed by atoms with E-state index in [2.05, 4.69) is 22.1 Å². The number of primary amides is 1.